The van der Waals surface area contributed by atoms with Crippen LogP contribution >= 0.6 is 0 Å². The maximum Gasteiger partial charge on any atom is 0.256 e. The van der Waals surface area contributed by atoms with Gasteiger partial charge in [0.1, 0.15) is 0 Å². The van der Waals surface area contributed by atoms with Crippen molar-refractivity contribution in [1.82, 2.24) is 4.90 Å². The molecule has 1 aromatic rings. The van der Waals surface area contributed by atoms with Crippen molar-refractivity contribution in [3.05, 3.63) is 35.9 Å². The Morgan fingerprint density at radius 1 is 1.22 bits per heavy atom. The zero-order valence-electron chi connectivity index (χ0n) is 11.5. The summed E-state index contributed by atoms with van der Waals surface area (Å²) < 4.78 is 0. The number of amides is 1. The Hall–Kier alpha value is -1.35. The molecule has 1 aliphatic heterocycles. The van der Waals surface area contributed by atoms with Crippen LogP contribution in [0, 0.1) is 5.41 Å². The average Bonchev–Trinajstić information content (AvgIpc) is 2.35. The van der Waals surface area contributed by atoms with Gasteiger partial charge in [-0.3, -0.25) is 4.79 Å². The minimum atomic E-state index is -1.05. The van der Waals surface area contributed by atoms with Crippen molar-refractivity contribution >= 4 is 5.91 Å². The fraction of sp³-hybridized carbons (Fsp3) is 0.533. The van der Waals surface area contributed by atoms with Crippen LogP contribution in [-0.2, 0) is 4.79 Å². The first kappa shape index (κ1) is 13.1. The van der Waals surface area contributed by atoms with Crippen molar-refractivity contribution in [3.8, 4) is 0 Å². The first-order chi connectivity index (χ1) is 8.27. The number of aliphatic hydroxyl groups excluding tert-OH is 1. The topological polar surface area (TPSA) is 40.5 Å². The third-order valence-corrected chi connectivity index (χ3v) is 4.50. The Balaban J connectivity index is 2.15. The third kappa shape index (κ3) is 1.83. The lowest BCUT2D eigenvalue weighted by atomic mass is 9.65. The predicted octanol–water partition coefficient (Wildman–Crippen LogP) is 2.37. The molecule has 0 bridgehead atoms. The number of hydrogen-bond acceptors (Lipinski definition) is 2. The largest absolute Gasteiger partial charge is 0.378 e. The summed E-state index contributed by atoms with van der Waals surface area (Å²) in [5.41, 5.74) is 0.543. The first-order valence-corrected chi connectivity index (χ1v) is 6.32. The Morgan fingerprint density at radius 3 is 2.22 bits per heavy atom. The maximum absolute atomic E-state index is 12.3. The molecule has 1 aromatic carbocycles. The van der Waals surface area contributed by atoms with E-state index in [1.54, 1.807) is 17.0 Å². The zero-order valence-corrected chi connectivity index (χ0v) is 11.5. The standard InChI is InChI=1S/C15H21NO2/c1-14(2)10-16(15(14,3)4)13(18)12(17)11-8-6-5-7-9-11/h5-9,12,17H,10H2,1-4H3. The van der Waals surface area contributed by atoms with E-state index in [0.717, 1.165) is 0 Å². The van der Waals surface area contributed by atoms with E-state index in [9.17, 15) is 9.90 Å². The number of carbonyl (C=O) groups excluding carboxylic acids is 1. The first-order valence-electron chi connectivity index (χ1n) is 6.32. The Morgan fingerprint density at radius 2 is 1.78 bits per heavy atom. The molecule has 1 atom stereocenters. The van der Waals surface area contributed by atoms with Crippen molar-refractivity contribution in [1.29, 1.82) is 0 Å². The van der Waals surface area contributed by atoms with E-state index in [4.69, 9.17) is 0 Å². The van der Waals surface area contributed by atoms with Gasteiger partial charge in [0.05, 0.1) is 0 Å². The van der Waals surface area contributed by atoms with E-state index in [0.29, 0.717) is 12.1 Å². The van der Waals surface area contributed by atoms with Gasteiger partial charge in [-0.05, 0) is 19.4 Å². The summed E-state index contributed by atoms with van der Waals surface area (Å²) in [7, 11) is 0. The van der Waals surface area contributed by atoms with E-state index < -0.39 is 6.10 Å². The van der Waals surface area contributed by atoms with Crippen LogP contribution in [-0.4, -0.2) is 28.0 Å². The van der Waals surface area contributed by atoms with E-state index >= 15 is 0 Å². The van der Waals surface area contributed by atoms with Gasteiger partial charge in [0.15, 0.2) is 6.10 Å². The second-order valence-corrected chi connectivity index (χ2v) is 6.18. The van der Waals surface area contributed by atoms with Gasteiger partial charge in [-0.2, -0.15) is 0 Å². The van der Waals surface area contributed by atoms with Crippen LogP contribution in [0.15, 0.2) is 30.3 Å². The number of rotatable bonds is 2. The maximum atomic E-state index is 12.3. The van der Waals surface area contributed by atoms with Gasteiger partial charge in [-0.15, -0.1) is 0 Å². The van der Waals surface area contributed by atoms with Gasteiger partial charge < -0.3 is 10.0 Å². The zero-order chi connectivity index (χ0) is 13.6. The molecule has 18 heavy (non-hydrogen) atoms. The van der Waals surface area contributed by atoms with Crippen LogP contribution in [0.1, 0.15) is 39.4 Å². The monoisotopic (exact) mass is 247 g/mol. The van der Waals surface area contributed by atoms with Gasteiger partial charge >= 0.3 is 0 Å². The van der Waals surface area contributed by atoms with Gasteiger partial charge in [0.2, 0.25) is 0 Å². The molecule has 3 nitrogen and oxygen atoms in total. The lowest BCUT2D eigenvalue weighted by molar-refractivity contribution is -0.176. The molecule has 1 aliphatic rings. The summed E-state index contributed by atoms with van der Waals surface area (Å²) >= 11 is 0. The highest BCUT2D eigenvalue weighted by molar-refractivity contribution is 5.83. The number of hydrogen-bond donors (Lipinski definition) is 1. The molecule has 1 N–H and O–H groups in total. The molecule has 98 valence electrons. The minimum absolute atomic E-state index is 0.0963. The summed E-state index contributed by atoms with van der Waals surface area (Å²) in [6.07, 6.45) is -1.05. The van der Waals surface area contributed by atoms with Crippen molar-refractivity contribution < 1.29 is 9.90 Å². The molecule has 1 heterocycles. The molecule has 1 saturated heterocycles. The van der Waals surface area contributed by atoms with Crippen molar-refractivity contribution in [2.75, 3.05) is 6.54 Å². The predicted molar refractivity (Wildman–Crippen MR) is 71.0 cm³/mol. The molecule has 1 amide bonds. The smallest absolute Gasteiger partial charge is 0.256 e. The normalized spacial score (nSPS) is 22.2. The van der Waals surface area contributed by atoms with Gasteiger partial charge in [0.25, 0.3) is 5.91 Å². The van der Waals surface area contributed by atoms with Gasteiger partial charge in [-0.25, -0.2) is 0 Å². The lowest BCUT2D eigenvalue weighted by Gasteiger charge is -2.61. The molecule has 3 heteroatoms. The van der Waals surface area contributed by atoms with E-state index in [1.807, 2.05) is 32.0 Å². The van der Waals surface area contributed by atoms with Crippen LogP contribution < -0.4 is 0 Å². The Labute approximate surface area is 108 Å². The second kappa shape index (κ2) is 4.09. The second-order valence-electron chi connectivity index (χ2n) is 6.18. The molecular formula is C15H21NO2. The molecule has 0 aromatic heterocycles. The summed E-state index contributed by atoms with van der Waals surface area (Å²) in [6.45, 7) is 9.08. The van der Waals surface area contributed by atoms with Gasteiger partial charge in [0, 0.05) is 17.5 Å². The summed E-state index contributed by atoms with van der Waals surface area (Å²) in [5, 5.41) is 10.1. The lowest BCUT2D eigenvalue weighted by Crippen LogP contribution is -2.71. The SMILES string of the molecule is CC1(C)CN(C(=O)C(O)c2ccccc2)C1(C)C. The van der Waals surface area contributed by atoms with E-state index in [1.165, 1.54) is 0 Å². The van der Waals surface area contributed by atoms with Crippen molar-refractivity contribution in [2.24, 2.45) is 5.41 Å². The van der Waals surface area contributed by atoms with Crippen LogP contribution in [0.5, 0.6) is 0 Å². The quantitative estimate of drug-likeness (QED) is 0.871. The molecule has 0 aliphatic carbocycles. The highest BCUT2D eigenvalue weighted by atomic mass is 16.3. The summed E-state index contributed by atoms with van der Waals surface area (Å²) in [6, 6.07) is 9.09. The van der Waals surface area contributed by atoms with E-state index in [2.05, 4.69) is 13.8 Å². The number of nitrogens with zero attached hydrogens (tertiary/aromatic N) is 1. The highest BCUT2D eigenvalue weighted by Gasteiger charge is 2.55. The van der Waals surface area contributed by atoms with Gasteiger partial charge in [-0.1, -0.05) is 44.2 Å². The summed E-state index contributed by atoms with van der Waals surface area (Å²) in [5.74, 6) is -0.203. The number of likely N-dealkylation sites (tertiary alicyclic amines) is 1. The molecule has 2 rings (SSSR count). The molecular weight excluding hydrogens is 226 g/mol. The van der Waals surface area contributed by atoms with Crippen LogP contribution in [0.25, 0.3) is 0 Å². The third-order valence-electron chi connectivity index (χ3n) is 4.50. The Bertz CT molecular complexity index is 451. The summed E-state index contributed by atoms with van der Waals surface area (Å²) in [4.78, 5) is 14.1. The van der Waals surface area contributed by atoms with Crippen molar-refractivity contribution in [3.63, 3.8) is 0 Å². The number of aliphatic hydroxyl groups is 1. The molecule has 0 radical (unpaired) electrons. The fourth-order valence-corrected chi connectivity index (χ4v) is 2.34. The molecule has 0 saturated carbocycles. The fourth-order valence-electron chi connectivity index (χ4n) is 2.34. The molecule has 1 unspecified atom stereocenters. The van der Waals surface area contributed by atoms with Crippen LogP contribution in [0.3, 0.4) is 0 Å². The van der Waals surface area contributed by atoms with Crippen LogP contribution in [0.2, 0.25) is 0 Å². The number of benzene rings is 1. The highest BCUT2D eigenvalue weighted by Crippen LogP contribution is 2.47. The van der Waals surface area contributed by atoms with E-state index in [-0.39, 0.29) is 16.9 Å². The average molecular weight is 247 g/mol. The number of carbonyl (C=O) groups is 1. The van der Waals surface area contributed by atoms with Crippen LogP contribution in [0.4, 0.5) is 0 Å². The molecule has 0 spiro atoms. The van der Waals surface area contributed by atoms with Crippen molar-refractivity contribution in [2.45, 2.75) is 39.3 Å². The Kier molecular flexibility index (Phi) is 2.98. The minimum Gasteiger partial charge on any atom is -0.378 e. The molecule has 1 fully saturated rings.